The molecule has 2 aliphatic heterocycles. The molecule has 118 valence electrons. The fraction of sp³-hybridized carbons (Fsp3) is 0.375. The molecule has 3 rings (SSSR count). The Kier molecular flexibility index (Phi) is 7.02. The van der Waals surface area contributed by atoms with Crippen molar-refractivity contribution in [1.82, 2.24) is 0 Å². The van der Waals surface area contributed by atoms with Crippen LogP contribution in [0, 0.1) is 0 Å². The summed E-state index contributed by atoms with van der Waals surface area (Å²) in [6.07, 6.45) is 2.27. The molecule has 0 saturated heterocycles. The Morgan fingerprint density at radius 2 is 1.23 bits per heavy atom. The van der Waals surface area contributed by atoms with Gasteiger partial charge in [-0.2, -0.15) is 25.3 Å². The number of benzene rings is 1. The Morgan fingerprint density at radius 3 is 1.59 bits per heavy atom. The summed E-state index contributed by atoms with van der Waals surface area (Å²) in [5, 5.41) is 4.55. The van der Waals surface area contributed by atoms with Crippen molar-refractivity contribution < 1.29 is 0 Å². The first-order chi connectivity index (χ1) is 10.8. The lowest BCUT2D eigenvalue weighted by atomic mass is 10.0. The number of thioether (sulfide) groups is 4. The van der Waals surface area contributed by atoms with Crippen LogP contribution in [0.3, 0.4) is 0 Å². The second-order valence-electron chi connectivity index (χ2n) is 5.03. The highest BCUT2D eigenvalue weighted by molar-refractivity contribution is 8.23. The minimum Gasteiger partial charge on any atom is -0.174 e. The van der Waals surface area contributed by atoms with Gasteiger partial charge in [0, 0.05) is 21.3 Å². The quantitative estimate of drug-likeness (QED) is 0.566. The van der Waals surface area contributed by atoms with Gasteiger partial charge in [-0.05, 0) is 34.8 Å². The van der Waals surface area contributed by atoms with Gasteiger partial charge in [0.2, 0.25) is 0 Å². The van der Waals surface area contributed by atoms with Crippen molar-refractivity contribution in [3.05, 3.63) is 56.0 Å². The highest BCUT2D eigenvalue weighted by Crippen LogP contribution is 2.44. The lowest BCUT2D eigenvalue weighted by molar-refractivity contribution is 1.02. The third kappa shape index (κ3) is 4.67. The lowest BCUT2D eigenvalue weighted by Crippen LogP contribution is -2.06. The zero-order chi connectivity index (χ0) is 15.4. The van der Waals surface area contributed by atoms with Gasteiger partial charge in [-0.1, -0.05) is 24.3 Å². The second-order valence-corrected chi connectivity index (χ2v) is 11.1. The highest BCUT2D eigenvalue weighted by Gasteiger charge is 2.22. The van der Waals surface area contributed by atoms with Crippen LogP contribution in [0.25, 0.3) is 0 Å². The van der Waals surface area contributed by atoms with E-state index in [1.54, 1.807) is 0 Å². The highest BCUT2D eigenvalue weighted by atomic mass is 32.2. The molecule has 6 heteroatoms. The van der Waals surface area contributed by atoms with Gasteiger partial charge in [-0.3, -0.25) is 0 Å². The molecule has 0 nitrogen and oxygen atoms in total. The van der Waals surface area contributed by atoms with Crippen LogP contribution in [-0.4, -0.2) is 20.7 Å². The van der Waals surface area contributed by atoms with Gasteiger partial charge in [0.1, 0.15) is 0 Å². The van der Waals surface area contributed by atoms with E-state index in [-0.39, 0.29) is 0 Å². The first kappa shape index (κ1) is 17.6. The fourth-order valence-corrected chi connectivity index (χ4v) is 8.25. The minimum atomic E-state index is 0.610. The van der Waals surface area contributed by atoms with Crippen molar-refractivity contribution in [1.29, 1.82) is 0 Å². The van der Waals surface area contributed by atoms with Gasteiger partial charge in [-0.25, -0.2) is 0 Å². The van der Waals surface area contributed by atoms with E-state index in [4.69, 9.17) is 0 Å². The SMILES string of the molecule is SCC1=CSC(Cc2ccccc2CC2SC=C(CS)S2)S1. The minimum absolute atomic E-state index is 0.610. The van der Waals surface area contributed by atoms with Crippen LogP contribution < -0.4 is 0 Å². The normalized spacial score (nSPS) is 24.5. The summed E-state index contributed by atoms with van der Waals surface area (Å²) in [7, 11) is 0. The molecule has 0 fully saturated rings. The molecule has 0 radical (unpaired) electrons. The van der Waals surface area contributed by atoms with Crippen LogP contribution in [0.2, 0.25) is 0 Å². The van der Waals surface area contributed by atoms with Gasteiger partial charge in [0.25, 0.3) is 0 Å². The van der Waals surface area contributed by atoms with E-state index in [1.165, 1.54) is 20.9 Å². The Balaban J connectivity index is 1.61. The maximum atomic E-state index is 4.38. The molecular formula is C16H18S6. The Labute approximate surface area is 160 Å². The fourth-order valence-electron chi connectivity index (χ4n) is 2.40. The number of hydrogen-bond acceptors (Lipinski definition) is 6. The first-order valence-electron chi connectivity index (χ1n) is 7.09. The smallest absolute Gasteiger partial charge is 0.0628 e. The van der Waals surface area contributed by atoms with Gasteiger partial charge < -0.3 is 0 Å². The number of hydrogen-bond donors (Lipinski definition) is 2. The van der Waals surface area contributed by atoms with Crippen LogP contribution in [0.15, 0.2) is 44.9 Å². The Bertz CT molecular complexity index is 529. The maximum absolute atomic E-state index is 4.38. The number of rotatable bonds is 6. The standard InChI is InChI=1S/C16H18S6/c17-7-13-9-19-15(21-13)5-11-3-1-2-4-12(11)6-16-20-10-14(8-18)22-16/h1-4,9-10,15-18H,5-8H2. The maximum Gasteiger partial charge on any atom is 0.0628 e. The first-order valence-corrected chi connectivity index (χ1v) is 12.0. The van der Waals surface area contributed by atoms with E-state index in [0.717, 1.165) is 24.3 Å². The van der Waals surface area contributed by atoms with Crippen LogP contribution in [0.5, 0.6) is 0 Å². The molecule has 1 aromatic carbocycles. The van der Waals surface area contributed by atoms with Crippen LogP contribution in [0.4, 0.5) is 0 Å². The molecule has 22 heavy (non-hydrogen) atoms. The van der Waals surface area contributed by atoms with E-state index in [1.807, 2.05) is 47.0 Å². The molecule has 0 amide bonds. The van der Waals surface area contributed by atoms with Crippen molar-refractivity contribution >= 4 is 72.3 Å². The average molecular weight is 403 g/mol. The zero-order valence-electron chi connectivity index (χ0n) is 12.0. The summed E-state index contributed by atoms with van der Waals surface area (Å²) in [5.41, 5.74) is 3.00. The van der Waals surface area contributed by atoms with Crippen LogP contribution in [0.1, 0.15) is 11.1 Å². The molecule has 0 bridgehead atoms. The van der Waals surface area contributed by atoms with Gasteiger partial charge >= 0.3 is 0 Å². The van der Waals surface area contributed by atoms with Crippen LogP contribution in [-0.2, 0) is 12.8 Å². The Morgan fingerprint density at radius 1 is 0.773 bits per heavy atom. The molecule has 0 saturated carbocycles. The van der Waals surface area contributed by atoms with E-state index < -0.39 is 0 Å². The average Bonchev–Trinajstić information content (AvgIpc) is 3.18. The lowest BCUT2D eigenvalue weighted by Gasteiger charge is -2.16. The van der Waals surface area contributed by atoms with Gasteiger partial charge in [0.05, 0.1) is 9.16 Å². The Hall–Kier alpha value is 0.800. The predicted molar refractivity (Wildman–Crippen MR) is 116 cm³/mol. The molecule has 2 heterocycles. The summed E-state index contributed by atoms with van der Waals surface area (Å²) in [4.78, 5) is 2.81. The summed E-state index contributed by atoms with van der Waals surface area (Å²) in [5.74, 6) is 1.73. The van der Waals surface area contributed by atoms with Crippen LogP contribution >= 0.6 is 72.3 Å². The van der Waals surface area contributed by atoms with E-state index in [9.17, 15) is 0 Å². The van der Waals surface area contributed by atoms with Crippen molar-refractivity contribution in [3.8, 4) is 0 Å². The topological polar surface area (TPSA) is 0 Å². The largest absolute Gasteiger partial charge is 0.174 e. The third-order valence-electron chi connectivity index (χ3n) is 3.47. The molecule has 0 aromatic heterocycles. The molecule has 0 aliphatic carbocycles. The molecule has 0 spiro atoms. The van der Waals surface area contributed by atoms with E-state index in [0.29, 0.717) is 9.16 Å². The summed E-state index contributed by atoms with van der Waals surface area (Å²) in [6.45, 7) is 0. The molecule has 2 aliphatic rings. The van der Waals surface area contributed by atoms with E-state index in [2.05, 4.69) is 60.3 Å². The number of thiol groups is 2. The third-order valence-corrected chi connectivity index (χ3v) is 9.89. The van der Waals surface area contributed by atoms with Gasteiger partial charge in [-0.15, -0.1) is 47.0 Å². The van der Waals surface area contributed by atoms with Gasteiger partial charge in [0.15, 0.2) is 0 Å². The molecule has 0 N–H and O–H groups in total. The monoisotopic (exact) mass is 402 g/mol. The summed E-state index contributed by atoms with van der Waals surface area (Å²) < 4.78 is 1.22. The molecule has 1 aromatic rings. The molecule has 2 unspecified atom stereocenters. The van der Waals surface area contributed by atoms with Crippen molar-refractivity contribution in [2.24, 2.45) is 0 Å². The predicted octanol–water partition coefficient (Wildman–Crippen LogP) is 5.93. The van der Waals surface area contributed by atoms with E-state index >= 15 is 0 Å². The zero-order valence-corrected chi connectivity index (χ0v) is 17.0. The van der Waals surface area contributed by atoms with Crippen molar-refractivity contribution in [3.63, 3.8) is 0 Å². The summed E-state index contributed by atoms with van der Waals surface area (Å²) >= 11 is 16.6. The summed E-state index contributed by atoms with van der Waals surface area (Å²) in [6, 6.07) is 8.93. The van der Waals surface area contributed by atoms with Crippen molar-refractivity contribution in [2.45, 2.75) is 22.0 Å². The van der Waals surface area contributed by atoms with Crippen molar-refractivity contribution in [2.75, 3.05) is 11.5 Å². The molecule has 2 atom stereocenters. The second kappa shape index (κ2) is 8.77. The molecular weight excluding hydrogens is 385 g/mol.